The molecule has 0 atom stereocenters. The van der Waals surface area contributed by atoms with E-state index in [4.69, 9.17) is 4.74 Å². The number of aromatic nitrogens is 1. The molecule has 0 saturated heterocycles. The van der Waals surface area contributed by atoms with Crippen LogP contribution in [0.2, 0.25) is 0 Å². The van der Waals surface area contributed by atoms with E-state index in [2.05, 4.69) is 10.2 Å². The van der Waals surface area contributed by atoms with E-state index in [-0.39, 0.29) is 5.97 Å². The summed E-state index contributed by atoms with van der Waals surface area (Å²) >= 11 is 0. The van der Waals surface area contributed by atoms with Crippen molar-refractivity contribution in [1.29, 1.82) is 0 Å². The molecule has 0 radical (unpaired) electrons. The lowest BCUT2D eigenvalue weighted by Gasteiger charge is -2.20. The topological polar surface area (TPSA) is 69.6 Å². The lowest BCUT2D eigenvalue weighted by atomic mass is 10.1. The van der Waals surface area contributed by atoms with Gasteiger partial charge in [-0.25, -0.2) is 10.2 Å². The Morgan fingerprint density at radius 2 is 1.96 bits per heavy atom. The summed E-state index contributed by atoms with van der Waals surface area (Å²) in [5.74, 6) is -0.242. The minimum absolute atomic E-state index is 0.242. The van der Waals surface area contributed by atoms with Crippen molar-refractivity contribution in [3.8, 4) is 0 Å². The number of hydrogen-bond acceptors (Lipinski definition) is 4. The molecule has 0 bridgehead atoms. The number of nitrogens with zero attached hydrogens (tertiary/aromatic N) is 1. The number of benzene rings is 1. The number of amides is 1. The smallest absolute Gasteiger partial charge is 0.426 e. The van der Waals surface area contributed by atoms with Crippen LogP contribution in [0.1, 0.15) is 32.8 Å². The van der Waals surface area contributed by atoms with Crippen molar-refractivity contribution >= 4 is 23.0 Å². The normalized spacial score (nSPS) is 11.3. The molecule has 6 nitrogen and oxygen atoms in total. The number of hydrogen-bond donors (Lipinski definition) is 1. The second kappa shape index (κ2) is 6.73. The molecule has 0 aliphatic carbocycles. The predicted octanol–water partition coefficient (Wildman–Crippen LogP) is 3.23. The van der Waals surface area contributed by atoms with Gasteiger partial charge in [0, 0.05) is 18.0 Å². The SMILES string of the molecule is COC(=O)CCc1cccc2c1ccn2NC(=O)OC(C)(C)C. The van der Waals surface area contributed by atoms with Gasteiger partial charge < -0.3 is 9.47 Å². The Kier molecular flexibility index (Phi) is 4.93. The Hall–Kier alpha value is -2.50. The molecule has 0 aliphatic heterocycles. The van der Waals surface area contributed by atoms with Crippen LogP contribution < -0.4 is 5.43 Å². The highest BCUT2D eigenvalue weighted by atomic mass is 16.6. The van der Waals surface area contributed by atoms with Crippen LogP contribution in [0.15, 0.2) is 30.5 Å². The van der Waals surface area contributed by atoms with Crippen molar-refractivity contribution in [2.24, 2.45) is 0 Å². The minimum atomic E-state index is -0.557. The number of carbonyl (C=O) groups is 2. The molecule has 0 aliphatic rings. The third kappa shape index (κ3) is 4.48. The summed E-state index contributed by atoms with van der Waals surface area (Å²) in [6.45, 7) is 5.43. The monoisotopic (exact) mass is 318 g/mol. The fourth-order valence-electron chi connectivity index (χ4n) is 2.28. The first kappa shape index (κ1) is 16.9. The largest absolute Gasteiger partial charge is 0.469 e. The molecule has 6 heteroatoms. The van der Waals surface area contributed by atoms with Crippen LogP contribution in [-0.2, 0) is 20.7 Å². The Labute approximate surface area is 135 Å². The summed E-state index contributed by atoms with van der Waals surface area (Å²) in [4.78, 5) is 23.2. The average molecular weight is 318 g/mol. The summed E-state index contributed by atoms with van der Waals surface area (Å²) in [7, 11) is 1.38. The van der Waals surface area contributed by atoms with Gasteiger partial charge in [0.1, 0.15) is 5.60 Å². The maximum atomic E-state index is 11.9. The van der Waals surface area contributed by atoms with Crippen molar-refractivity contribution in [2.75, 3.05) is 12.5 Å². The first-order chi connectivity index (χ1) is 10.8. The van der Waals surface area contributed by atoms with Gasteiger partial charge in [-0.15, -0.1) is 0 Å². The molecule has 0 saturated carbocycles. The number of nitrogens with one attached hydrogen (secondary N) is 1. The maximum absolute atomic E-state index is 11.9. The molecule has 1 heterocycles. The lowest BCUT2D eigenvalue weighted by molar-refractivity contribution is -0.140. The first-order valence-electron chi connectivity index (χ1n) is 7.46. The van der Waals surface area contributed by atoms with Gasteiger partial charge in [0.25, 0.3) is 0 Å². The van der Waals surface area contributed by atoms with Crippen molar-refractivity contribution < 1.29 is 19.1 Å². The Bertz CT molecular complexity index is 713. The van der Waals surface area contributed by atoms with Gasteiger partial charge in [0.15, 0.2) is 0 Å². The highest BCUT2D eigenvalue weighted by Crippen LogP contribution is 2.21. The number of carbonyl (C=O) groups excluding carboxylic acids is 2. The number of ether oxygens (including phenoxy) is 2. The molecule has 2 aromatic rings. The van der Waals surface area contributed by atoms with Crippen LogP contribution in [0.4, 0.5) is 4.79 Å². The molecule has 1 aromatic carbocycles. The van der Waals surface area contributed by atoms with E-state index in [0.29, 0.717) is 12.8 Å². The second-order valence-corrected chi connectivity index (χ2v) is 6.23. The van der Waals surface area contributed by atoms with Crippen LogP contribution in [0, 0.1) is 0 Å². The Balaban J connectivity index is 2.18. The van der Waals surface area contributed by atoms with E-state index in [1.54, 1.807) is 10.9 Å². The summed E-state index contributed by atoms with van der Waals surface area (Å²) in [5.41, 5.74) is 4.00. The van der Waals surface area contributed by atoms with Gasteiger partial charge in [-0.2, -0.15) is 0 Å². The minimum Gasteiger partial charge on any atom is -0.469 e. The van der Waals surface area contributed by atoms with E-state index in [1.807, 2.05) is 45.0 Å². The highest BCUT2D eigenvalue weighted by molar-refractivity contribution is 5.87. The highest BCUT2D eigenvalue weighted by Gasteiger charge is 2.17. The standard InChI is InChI=1S/C17H22N2O4/c1-17(2,3)23-16(21)18-19-11-10-13-12(6-5-7-14(13)19)8-9-15(20)22-4/h5-7,10-11H,8-9H2,1-4H3,(H,18,21). The van der Waals surface area contributed by atoms with E-state index in [0.717, 1.165) is 16.5 Å². The van der Waals surface area contributed by atoms with Crippen LogP contribution in [0.5, 0.6) is 0 Å². The molecule has 23 heavy (non-hydrogen) atoms. The van der Waals surface area contributed by atoms with Crippen LogP contribution in [-0.4, -0.2) is 29.4 Å². The maximum Gasteiger partial charge on any atom is 0.426 e. The molecule has 2 rings (SSSR count). The fraction of sp³-hybridized carbons (Fsp3) is 0.412. The lowest BCUT2D eigenvalue weighted by Crippen LogP contribution is -2.31. The third-order valence-electron chi connectivity index (χ3n) is 3.26. The average Bonchev–Trinajstić information content (AvgIpc) is 2.86. The second-order valence-electron chi connectivity index (χ2n) is 6.23. The van der Waals surface area contributed by atoms with E-state index in [1.165, 1.54) is 7.11 Å². The summed E-state index contributed by atoms with van der Waals surface area (Å²) in [5, 5.41) is 0.979. The van der Waals surface area contributed by atoms with Gasteiger partial charge in [-0.3, -0.25) is 9.47 Å². The molecule has 0 spiro atoms. The van der Waals surface area contributed by atoms with Gasteiger partial charge in [0.2, 0.25) is 0 Å². The molecule has 1 aromatic heterocycles. The van der Waals surface area contributed by atoms with Crippen LogP contribution in [0.3, 0.4) is 0 Å². The third-order valence-corrected chi connectivity index (χ3v) is 3.26. The van der Waals surface area contributed by atoms with E-state index < -0.39 is 11.7 Å². The van der Waals surface area contributed by atoms with Gasteiger partial charge in [-0.1, -0.05) is 12.1 Å². The van der Waals surface area contributed by atoms with E-state index in [9.17, 15) is 9.59 Å². The zero-order valence-corrected chi connectivity index (χ0v) is 13.9. The molecule has 0 unspecified atom stereocenters. The van der Waals surface area contributed by atoms with Crippen molar-refractivity contribution in [3.63, 3.8) is 0 Å². The molecule has 0 fully saturated rings. The van der Waals surface area contributed by atoms with Crippen LogP contribution in [0.25, 0.3) is 10.9 Å². The van der Waals surface area contributed by atoms with Crippen LogP contribution >= 0.6 is 0 Å². The number of methoxy groups -OCH3 is 1. The zero-order chi connectivity index (χ0) is 17.0. The molecule has 1 amide bonds. The summed E-state index contributed by atoms with van der Waals surface area (Å²) in [6, 6.07) is 7.65. The first-order valence-corrected chi connectivity index (χ1v) is 7.46. The van der Waals surface area contributed by atoms with E-state index >= 15 is 0 Å². The number of fused-ring (bicyclic) bond motifs is 1. The van der Waals surface area contributed by atoms with Crippen molar-refractivity contribution in [2.45, 2.75) is 39.2 Å². The zero-order valence-electron chi connectivity index (χ0n) is 13.9. The molecule has 124 valence electrons. The predicted molar refractivity (Wildman–Crippen MR) is 87.9 cm³/mol. The fourth-order valence-corrected chi connectivity index (χ4v) is 2.28. The van der Waals surface area contributed by atoms with Gasteiger partial charge >= 0.3 is 12.1 Å². The Morgan fingerprint density at radius 1 is 1.22 bits per heavy atom. The van der Waals surface area contributed by atoms with Crippen molar-refractivity contribution in [1.82, 2.24) is 4.68 Å². The molecular formula is C17H22N2O4. The quantitative estimate of drug-likeness (QED) is 0.879. The van der Waals surface area contributed by atoms with Crippen molar-refractivity contribution in [3.05, 3.63) is 36.0 Å². The number of rotatable bonds is 4. The summed E-state index contributed by atoms with van der Waals surface area (Å²) in [6.07, 6.45) is 2.15. The van der Waals surface area contributed by atoms with Gasteiger partial charge in [0.05, 0.1) is 12.6 Å². The Morgan fingerprint density at radius 3 is 2.61 bits per heavy atom. The number of esters is 1. The number of aryl methyl sites for hydroxylation is 1. The molecule has 1 N–H and O–H groups in total. The van der Waals surface area contributed by atoms with Gasteiger partial charge in [-0.05, 0) is 44.9 Å². The summed E-state index contributed by atoms with van der Waals surface area (Å²) < 4.78 is 11.5. The molecular weight excluding hydrogens is 296 g/mol.